The van der Waals surface area contributed by atoms with E-state index in [9.17, 15) is 13.2 Å². The highest BCUT2D eigenvalue weighted by atomic mass is 32.2. The minimum absolute atomic E-state index is 0.00277. The minimum atomic E-state index is -3.17. The third-order valence-corrected chi connectivity index (χ3v) is 6.53. The highest BCUT2D eigenvalue weighted by Crippen LogP contribution is 2.33. The van der Waals surface area contributed by atoms with E-state index in [1.165, 1.54) is 0 Å². The van der Waals surface area contributed by atoms with Crippen LogP contribution in [0.25, 0.3) is 0 Å². The Hall–Kier alpha value is -1.61. The van der Waals surface area contributed by atoms with E-state index in [0.29, 0.717) is 19.1 Å². The van der Waals surface area contributed by atoms with E-state index in [1.807, 2.05) is 13.1 Å². The number of amides is 2. The zero-order valence-electron chi connectivity index (χ0n) is 14.7. The molecule has 1 aliphatic heterocycles. The van der Waals surface area contributed by atoms with Gasteiger partial charge in [0.05, 0.1) is 36.4 Å². The van der Waals surface area contributed by atoms with E-state index in [4.69, 9.17) is 4.74 Å². The Balaban J connectivity index is 1.77. The predicted octanol–water partition coefficient (Wildman–Crippen LogP) is 0.809. The largest absolute Gasteiger partial charge is 0.383 e. The van der Waals surface area contributed by atoms with E-state index in [0.717, 1.165) is 18.4 Å². The molecule has 1 aliphatic carbocycles. The molecular weight excluding hydrogens is 344 g/mol. The van der Waals surface area contributed by atoms with E-state index in [1.54, 1.807) is 22.9 Å². The maximum Gasteiger partial charge on any atom is 0.318 e. The van der Waals surface area contributed by atoms with Crippen LogP contribution in [0.5, 0.6) is 0 Å². The molecule has 9 heteroatoms. The Bertz CT molecular complexity index is 713. The van der Waals surface area contributed by atoms with Crippen molar-refractivity contribution >= 4 is 15.9 Å². The Labute approximate surface area is 148 Å². The van der Waals surface area contributed by atoms with Gasteiger partial charge >= 0.3 is 6.03 Å². The van der Waals surface area contributed by atoms with Crippen molar-refractivity contribution in [1.82, 2.24) is 20.0 Å². The summed E-state index contributed by atoms with van der Waals surface area (Å²) in [6.45, 7) is 3.33. The van der Waals surface area contributed by atoms with Crippen molar-refractivity contribution in [2.24, 2.45) is 5.92 Å². The Morgan fingerprint density at radius 2 is 2.24 bits per heavy atom. The van der Waals surface area contributed by atoms with Gasteiger partial charge in [0.25, 0.3) is 0 Å². The molecule has 0 bridgehead atoms. The van der Waals surface area contributed by atoms with Gasteiger partial charge in [0.2, 0.25) is 0 Å². The lowest BCUT2D eigenvalue weighted by Gasteiger charge is -2.36. The minimum Gasteiger partial charge on any atom is -0.383 e. The molecule has 1 aromatic rings. The van der Waals surface area contributed by atoms with Gasteiger partial charge in [-0.05, 0) is 25.7 Å². The first-order valence-electron chi connectivity index (χ1n) is 8.72. The second-order valence-corrected chi connectivity index (χ2v) is 9.03. The number of ether oxygens (including phenoxy) is 1. The van der Waals surface area contributed by atoms with Gasteiger partial charge < -0.3 is 15.0 Å². The summed E-state index contributed by atoms with van der Waals surface area (Å²) < 4.78 is 31.2. The average molecular weight is 370 g/mol. The van der Waals surface area contributed by atoms with Crippen LogP contribution in [0.4, 0.5) is 4.79 Å². The number of nitrogens with zero attached hydrogens (tertiary/aromatic N) is 3. The lowest BCUT2D eigenvalue weighted by atomic mass is 10.1. The van der Waals surface area contributed by atoms with Crippen molar-refractivity contribution in [2.75, 3.05) is 31.8 Å². The van der Waals surface area contributed by atoms with Crippen LogP contribution in [0, 0.1) is 5.92 Å². The molecule has 3 rings (SSSR count). The van der Waals surface area contributed by atoms with Crippen LogP contribution in [0.15, 0.2) is 12.4 Å². The molecule has 0 unspecified atom stereocenters. The van der Waals surface area contributed by atoms with Gasteiger partial charge in [0.15, 0.2) is 9.84 Å². The summed E-state index contributed by atoms with van der Waals surface area (Å²) in [6.07, 6.45) is 5.66. The van der Waals surface area contributed by atoms with Crippen molar-refractivity contribution in [1.29, 1.82) is 0 Å². The summed E-state index contributed by atoms with van der Waals surface area (Å²) in [5.41, 5.74) is 0.759. The molecule has 1 saturated carbocycles. The third kappa shape index (κ3) is 4.33. The maximum absolute atomic E-state index is 12.8. The van der Waals surface area contributed by atoms with E-state index >= 15 is 0 Å². The Morgan fingerprint density at radius 3 is 2.84 bits per heavy atom. The van der Waals surface area contributed by atoms with Crippen LogP contribution in [-0.4, -0.2) is 66.9 Å². The molecule has 2 heterocycles. The van der Waals surface area contributed by atoms with E-state index in [-0.39, 0.29) is 30.1 Å². The van der Waals surface area contributed by atoms with Crippen LogP contribution >= 0.6 is 0 Å². The molecule has 0 aromatic carbocycles. The lowest BCUT2D eigenvalue weighted by Crippen LogP contribution is -2.53. The molecule has 2 amide bonds. The fourth-order valence-electron chi connectivity index (χ4n) is 3.27. The standard InChI is InChI=1S/C16H26N4O4S/c1-3-19-9-13(8-17-19)15-11-25(22,23)7-6-20(15)16(21)18-14(10-24-2)12-4-5-12/h8-9,12,14-15H,3-7,10-11H2,1-2H3,(H,18,21)/t14-,15+/m0/s1. The fraction of sp³-hybridized carbons (Fsp3) is 0.750. The van der Waals surface area contributed by atoms with Gasteiger partial charge in [-0.25, -0.2) is 13.2 Å². The van der Waals surface area contributed by atoms with Crippen molar-refractivity contribution in [3.8, 4) is 0 Å². The molecule has 1 saturated heterocycles. The van der Waals surface area contributed by atoms with Gasteiger partial charge in [0, 0.05) is 32.0 Å². The molecule has 8 nitrogen and oxygen atoms in total. The normalized spacial score (nSPS) is 24.1. The zero-order valence-corrected chi connectivity index (χ0v) is 15.5. The van der Waals surface area contributed by atoms with Crippen molar-refractivity contribution < 1.29 is 17.9 Å². The van der Waals surface area contributed by atoms with E-state index < -0.39 is 15.9 Å². The topological polar surface area (TPSA) is 93.5 Å². The monoisotopic (exact) mass is 370 g/mol. The molecule has 140 valence electrons. The quantitative estimate of drug-likeness (QED) is 0.800. The van der Waals surface area contributed by atoms with Crippen molar-refractivity contribution in [2.45, 2.75) is 38.4 Å². The molecule has 2 aliphatic rings. The van der Waals surface area contributed by atoms with Crippen LogP contribution in [-0.2, 0) is 21.1 Å². The van der Waals surface area contributed by atoms with E-state index in [2.05, 4.69) is 10.4 Å². The lowest BCUT2D eigenvalue weighted by molar-refractivity contribution is 0.141. The van der Waals surface area contributed by atoms with Crippen LogP contribution in [0.3, 0.4) is 0 Å². The van der Waals surface area contributed by atoms with Crippen LogP contribution in [0.1, 0.15) is 31.4 Å². The van der Waals surface area contributed by atoms with Crippen LogP contribution < -0.4 is 5.32 Å². The first-order valence-corrected chi connectivity index (χ1v) is 10.5. The van der Waals surface area contributed by atoms with Gasteiger partial charge in [-0.1, -0.05) is 0 Å². The van der Waals surface area contributed by atoms with Gasteiger partial charge in [-0.3, -0.25) is 4.68 Å². The summed E-state index contributed by atoms with van der Waals surface area (Å²) in [5, 5.41) is 7.26. The van der Waals surface area contributed by atoms with Crippen LogP contribution in [0.2, 0.25) is 0 Å². The molecule has 2 fully saturated rings. The number of rotatable bonds is 6. The first-order chi connectivity index (χ1) is 11.9. The number of carbonyl (C=O) groups excluding carboxylic acids is 1. The maximum atomic E-state index is 12.8. The summed E-state index contributed by atoms with van der Waals surface area (Å²) in [7, 11) is -1.55. The molecule has 0 radical (unpaired) electrons. The number of sulfone groups is 1. The predicted molar refractivity (Wildman–Crippen MR) is 92.9 cm³/mol. The number of aryl methyl sites for hydroxylation is 1. The van der Waals surface area contributed by atoms with Gasteiger partial charge in [-0.15, -0.1) is 0 Å². The number of aromatic nitrogens is 2. The number of hydrogen-bond acceptors (Lipinski definition) is 5. The molecular formula is C16H26N4O4S. The number of urea groups is 1. The fourth-order valence-corrected chi connectivity index (χ4v) is 4.76. The first kappa shape index (κ1) is 18.2. The Kier molecular flexibility index (Phi) is 5.33. The van der Waals surface area contributed by atoms with Gasteiger partial charge in [-0.2, -0.15) is 5.10 Å². The Morgan fingerprint density at radius 1 is 1.48 bits per heavy atom. The van der Waals surface area contributed by atoms with Crippen molar-refractivity contribution in [3.63, 3.8) is 0 Å². The molecule has 25 heavy (non-hydrogen) atoms. The number of nitrogens with one attached hydrogen (secondary N) is 1. The highest BCUT2D eigenvalue weighted by Gasteiger charge is 2.38. The smallest absolute Gasteiger partial charge is 0.318 e. The summed E-state index contributed by atoms with van der Waals surface area (Å²) in [6, 6.07) is -0.741. The molecule has 1 N–H and O–H groups in total. The SMILES string of the molecule is CCn1cc([C@H]2CS(=O)(=O)CCN2C(=O)N[C@@H](COC)C2CC2)cn1. The second kappa shape index (κ2) is 7.33. The zero-order chi connectivity index (χ0) is 18.0. The average Bonchev–Trinajstić information content (AvgIpc) is 3.30. The second-order valence-electron chi connectivity index (χ2n) is 6.80. The molecule has 0 spiro atoms. The number of hydrogen-bond donors (Lipinski definition) is 1. The number of carbonyl (C=O) groups is 1. The summed E-state index contributed by atoms with van der Waals surface area (Å²) in [5.74, 6) is 0.393. The number of methoxy groups -OCH3 is 1. The summed E-state index contributed by atoms with van der Waals surface area (Å²) in [4.78, 5) is 14.5. The molecule has 2 atom stereocenters. The summed E-state index contributed by atoms with van der Waals surface area (Å²) >= 11 is 0. The highest BCUT2D eigenvalue weighted by molar-refractivity contribution is 7.91. The molecule has 1 aromatic heterocycles. The van der Waals surface area contributed by atoms with Crippen molar-refractivity contribution in [3.05, 3.63) is 18.0 Å². The third-order valence-electron chi connectivity index (χ3n) is 4.90. The van der Waals surface area contributed by atoms with Gasteiger partial charge in [0.1, 0.15) is 0 Å².